The van der Waals surface area contributed by atoms with E-state index in [2.05, 4.69) is 28.8 Å². The molecule has 5 aromatic rings. The van der Waals surface area contributed by atoms with Gasteiger partial charge in [-0.3, -0.25) is 14.3 Å². The first-order chi connectivity index (χ1) is 28.1. The molecule has 10 rings (SSSR count). The minimum absolute atomic E-state index is 0.0215. The van der Waals surface area contributed by atoms with Crippen LogP contribution in [0, 0.1) is 29.1 Å². The van der Waals surface area contributed by atoms with E-state index in [1.165, 1.54) is 17.8 Å². The lowest BCUT2D eigenvalue weighted by atomic mass is 9.39. The lowest BCUT2D eigenvalue weighted by Gasteiger charge is -2.69. The highest BCUT2D eigenvalue weighted by molar-refractivity contribution is 7.22. The van der Waals surface area contributed by atoms with Crippen LogP contribution in [0.25, 0.3) is 32.6 Å². The summed E-state index contributed by atoms with van der Waals surface area (Å²) < 4.78 is 9.93. The molecule has 5 aliphatic rings. The van der Waals surface area contributed by atoms with Crippen molar-refractivity contribution in [1.82, 2.24) is 19.7 Å². The number of carboxylic acid groups (broad SMARTS) is 2. The zero-order chi connectivity index (χ0) is 41.3. The molecule has 1 amide bonds. The van der Waals surface area contributed by atoms with Gasteiger partial charge in [0.2, 0.25) is 5.91 Å². The highest BCUT2D eigenvalue weighted by Gasteiger charge is 2.66. The average molecular weight is 816 g/mol. The van der Waals surface area contributed by atoms with Crippen molar-refractivity contribution in [3.8, 4) is 22.4 Å². The van der Waals surface area contributed by atoms with Crippen LogP contribution >= 0.6 is 11.3 Å². The number of hydrogen-bond donors (Lipinski definition) is 3. The summed E-state index contributed by atoms with van der Waals surface area (Å²) in [7, 11) is 0. The van der Waals surface area contributed by atoms with Crippen LogP contribution in [0.5, 0.6) is 0 Å². The molecule has 3 aromatic heterocycles. The van der Waals surface area contributed by atoms with Crippen LogP contribution < -0.4 is 5.32 Å². The average Bonchev–Trinajstić information content (AvgIpc) is 3.73. The second kappa shape index (κ2) is 14.7. The second-order valence-electron chi connectivity index (χ2n) is 19.2. The standard InChI is InChI=1S/C47H53N5O6S/c1-28(18-39(53)54)16-17-58-47-24-44(3)21-45(4,25-47)23-46(22-44,26-47)27-52-29(2)35(20-48-52)32-14-15-36(49-40(32)42(56)57)31-13-12-30-8-7-9-33(34(30)19-31)41(55)51-43-50-37-10-5-6-11-38(37)59-43/h5-6,10-15,19-20,28,33H,7-9,16-18,21-27H2,1-4H3,(H,53,54)(H,56,57)(H,50,51,55). The molecule has 0 aliphatic heterocycles. The Kier molecular flexibility index (Phi) is 9.82. The zero-order valence-electron chi connectivity index (χ0n) is 34.3. The first-order valence-corrected chi connectivity index (χ1v) is 21.9. The van der Waals surface area contributed by atoms with Crippen molar-refractivity contribution in [2.45, 2.75) is 116 Å². The third-order valence-corrected chi connectivity index (χ3v) is 14.7. The summed E-state index contributed by atoms with van der Waals surface area (Å²) >= 11 is 1.46. The summed E-state index contributed by atoms with van der Waals surface area (Å²) in [4.78, 5) is 47.3. The number of carbonyl (C=O) groups is 3. The Bertz CT molecular complexity index is 2440. The Hall–Kier alpha value is -4.94. The SMILES string of the molecule is Cc1c(-c2ccc(-c3ccc4c(c3)C(C(=O)Nc3nc5ccccc5s3)CCC4)nc2C(=O)O)cnn1CC12CC3(C)CC(C)(C1)CC(OCCC(C)CC(=O)O)(C3)C2. The summed E-state index contributed by atoms with van der Waals surface area (Å²) in [6, 6.07) is 17.6. The summed E-state index contributed by atoms with van der Waals surface area (Å²) in [6.45, 7) is 10.1. The molecule has 4 bridgehead atoms. The van der Waals surface area contributed by atoms with E-state index in [9.17, 15) is 24.6 Å². The van der Waals surface area contributed by atoms with E-state index in [1.807, 2.05) is 68.4 Å². The fraction of sp³-hybridized carbons (Fsp3) is 0.489. The molecule has 4 saturated carbocycles. The Morgan fingerprint density at radius 2 is 1.75 bits per heavy atom. The van der Waals surface area contributed by atoms with Gasteiger partial charge >= 0.3 is 11.9 Å². The number of thiazole rings is 1. The number of rotatable bonds is 13. The molecule has 0 radical (unpaired) electrons. The minimum Gasteiger partial charge on any atom is -0.481 e. The number of ether oxygens (including phenoxy) is 1. The van der Waals surface area contributed by atoms with E-state index >= 15 is 0 Å². The van der Waals surface area contributed by atoms with Crippen LogP contribution in [0.4, 0.5) is 5.13 Å². The zero-order valence-corrected chi connectivity index (χ0v) is 35.2. The molecule has 4 fully saturated rings. The molecule has 12 heteroatoms. The third kappa shape index (κ3) is 7.58. The van der Waals surface area contributed by atoms with Crippen LogP contribution in [-0.2, 0) is 27.3 Å². The third-order valence-electron chi connectivity index (χ3n) is 13.8. The molecule has 4 atom stereocenters. The first kappa shape index (κ1) is 39.5. The van der Waals surface area contributed by atoms with Crippen molar-refractivity contribution in [2.24, 2.45) is 22.2 Å². The fourth-order valence-electron chi connectivity index (χ4n) is 12.6. The van der Waals surface area contributed by atoms with Gasteiger partial charge in [-0.25, -0.2) is 14.8 Å². The van der Waals surface area contributed by atoms with Gasteiger partial charge in [-0.1, -0.05) is 56.4 Å². The molecule has 0 saturated heterocycles. The quantitative estimate of drug-likeness (QED) is 0.105. The van der Waals surface area contributed by atoms with E-state index < -0.39 is 11.9 Å². The van der Waals surface area contributed by atoms with Crippen molar-refractivity contribution >= 4 is 44.5 Å². The first-order valence-electron chi connectivity index (χ1n) is 21.1. The van der Waals surface area contributed by atoms with Crippen LogP contribution in [0.15, 0.2) is 60.8 Å². The number of hydrogen-bond acceptors (Lipinski definition) is 8. The number of aryl methyl sites for hydroxylation is 1. The monoisotopic (exact) mass is 815 g/mol. The molecular formula is C47H53N5O6S. The van der Waals surface area contributed by atoms with Crippen LogP contribution in [0.1, 0.15) is 118 Å². The number of aromatic nitrogens is 4. The number of anilines is 1. The number of aromatic carboxylic acids is 1. The van der Waals surface area contributed by atoms with Crippen molar-refractivity contribution in [1.29, 1.82) is 0 Å². The maximum Gasteiger partial charge on any atom is 0.355 e. The lowest BCUT2D eigenvalue weighted by Crippen LogP contribution is -2.64. The van der Waals surface area contributed by atoms with Gasteiger partial charge in [0.15, 0.2) is 10.8 Å². The summed E-state index contributed by atoms with van der Waals surface area (Å²) in [6.07, 6.45) is 11.5. The van der Waals surface area contributed by atoms with Crippen molar-refractivity contribution < 1.29 is 29.3 Å². The summed E-state index contributed by atoms with van der Waals surface area (Å²) in [5.74, 6) is -2.27. The number of aliphatic carboxylic acids is 1. The number of amides is 1. The van der Waals surface area contributed by atoms with Gasteiger partial charge < -0.3 is 20.3 Å². The van der Waals surface area contributed by atoms with E-state index in [0.717, 1.165) is 96.1 Å². The highest BCUT2D eigenvalue weighted by Crippen LogP contribution is 2.72. The molecule has 59 heavy (non-hydrogen) atoms. The van der Waals surface area contributed by atoms with E-state index in [4.69, 9.17) is 14.8 Å². The molecule has 3 heterocycles. The Labute approximate surface area is 348 Å². The molecule has 2 aromatic carbocycles. The predicted octanol–water partition coefficient (Wildman–Crippen LogP) is 9.92. The molecular weight excluding hydrogens is 763 g/mol. The van der Waals surface area contributed by atoms with Gasteiger partial charge in [0.1, 0.15) is 0 Å². The second-order valence-corrected chi connectivity index (χ2v) is 20.3. The van der Waals surface area contributed by atoms with Crippen LogP contribution in [-0.4, -0.2) is 60.0 Å². The maximum atomic E-state index is 13.7. The van der Waals surface area contributed by atoms with Crippen molar-refractivity contribution in [3.63, 3.8) is 0 Å². The lowest BCUT2D eigenvalue weighted by molar-refractivity contribution is -0.249. The fourth-order valence-corrected chi connectivity index (χ4v) is 13.4. The largest absolute Gasteiger partial charge is 0.481 e. The summed E-state index contributed by atoms with van der Waals surface area (Å²) in [5.41, 5.74) is 6.39. The molecule has 308 valence electrons. The number of nitrogens with one attached hydrogen (secondary N) is 1. The molecule has 11 nitrogen and oxygen atoms in total. The molecule has 4 unspecified atom stereocenters. The van der Waals surface area contributed by atoms with Gasteiger partial charge in [0.05, 0.1) is 33.6 Å². The van der Waals surface area contributed by atoms with Crippen molar-refractivity contribution in [3.05, 3.63) is 83.3 Å². The summed E-state index contributed by atoms with van der Waals surface area (Å²) in [5, 5.41) is 28.4. The van der Waals surface area contributed by atoms with Gasteiger partial charge in [-0.05, 0) is 135 Å². The number of nitrogens with zero attached hydrogens (tertiary/aromatic N) is 4. The smallest absolute Gasteiger partial charge is 0.355 e. The molecule has 5 aliphatic carbocycles. The highest BCUT2D eigenvalue weighted by atomic mass is 32.1. The number of carboxylic acids is 2. The Morgan fingerprint density at radius 1 is 0.966 bits per heavy atom. The van der Waals surface area contributed by atoms with E-state index in [0.29, 0.717) is 29.4 Å². The number of fused-ring (bicyclic) bond motifs is 2. The minimum atomic E-state index is -1.11. The molecule has 3 N–H and O–H groups in total. The van der Waals surface area contributed by atoms with Gasteiger partial charge in [0.25, 0.3) is 0 Å². The topological polar surface area (TPSA) is 157 Å². The van der Waals surface area contributed by atoms with Crippen LogP contribution in [0.2, 0.25) is 0 Å². The maximum absolute atomic E-state index is 13.7. The Morgan fingerprint density at radius 3 is 2.49 bits per heavy atom. The van der Waals surface area contributed by atoms with Gasteiger partial charge in [0, 0.05) is 42.0 Å². The number of benzene rings is 2. The molecule has 0 spiro atoms. The van der Waals surface area contributed by atoms with Crippen molar-refractivity contribution in [2.75, 3.05) is 11.9 Å². The van der Waals surface area contributed by atoms with Gasteiger partial charge in [-0.2, -0.15) is 5.10 Å². The normalized spacial score (nSPS) is 27.4. The number of para-hydroxylation sites is 1. The number of carbonyl (C=O) groups excluding carboxylic acids is 1. The van der Waals surface area contributed by atoms with E-state index in [1.54, 1.807) is 6.20 Å². The Balaban J connectivity index is 0.959. The predicted molar refractivity (Wildman–Crippen MR) is 228 cm³/mol. The van der Waals surface area contributed by atoms with Crippen LogP contribution in [0.3, 0.4) is 0 Å². The van der Waals surface area contributed by atoms with E-state index in [-0.39, 0.29) is 51.7 Å². The number of pyridine rings is 1. The van der Waals surface area contributed by atoms with Gasteiger partial charge in [-0.15, -0.1) is 0 Å².